The highest BCUT2D eigenvalue weighted by molar-refractivity contribution is 9.08. The van der Waals surface area contributed by atoms with Crippen molar-refractivity contribution in [3.05, 3.63) is 30.6 Å². The second kappa shape index (κ2) is 15.8. The molecule has 0 amide bonds. The molecule has 0 spiro atoms. The van der Waals surface area contributed by atoms with Gasteiger partial charge in [0, 0.05) is 12.4 Å². The van der Waals surface area contributed by atoms with E-state index in [0.29, 0.717) is 7.18 Å². The van der Waals surface area contributed by atoms with Crippen molar-refractivity contribution in [3.8, 4) is 0 Å². The molecule has 0 aliphatic rings. The topological polar surface area (TPSA) is 12.9 Å². The van der Waals surface area contributed by atoms with E-state index in [1.807, 2.05) is 24.0 Å². The largest absolute Gasteiger partial charge is 0.265 e. The molecule has 0 saturated heterocycles. The summed E-state index contributed by atoms with van der Waals surface area (Å²) in [5, 5.41) is 0. The van der Waals surface area contributed by atoms with E-state index in [4.69, 9.17) is 0 Å². The lowest BCUT2D eigenvalue weighted by molar-refractivity contribution is 0.636. The summed E-state index contributed by atoms with van der Waals surface area (Å²) in [5.41, 5.74) is 0. The highest BCUT2D eigenvalue weighted by Gasteiger charge is 1.58. The molecule has 0 fully saturated rings. The van der Waals surface area contributed by atoms with Gasteiger partial charge in [-0.1, -0.05) is 22.0 Å². The summed E-state index contributed by atoms with van der Waals surface area (Å²) in [5.74, 6) is 1.81. The Morgan fingerprint density at radius 3 is 1.50 bits per heavy atom. The van der Waals surface area contributed by atoms with Gasteiger partial charge in [0.1, 0.15) is 0 Å². The molecule has 0 unspecified atom stereocenters. The Morgan fingerprint density at radius 2 is 1.40 bits per heavy atom. The number of aromatic nitrogens is 1. The Bertz CT molecular complexity index is 85.5. The van der Waals surface area contributed by atoms with Crippen molar-refractivity contribution in [1.82, 2.24) is 4.98 Å². The van der Waals surface area contributed by atoms with Crippen molar-refractivity contribution in [2.24, 2.45) is 0 Å². The fraction of sp³-hybridized carbons (Fsp3) is 0.286. The van der Waals surface area contributed by atoms with Crippen LogP contribution in [0.25, 0.3) is 0 Å². The molecule has 0 saturated carbocycles. The summed E-state index contributed by atoms with van der Waals surface area (Å²) in [6.45, 7) is 0. The third-order valence-electron chi connectivity index (χ3n) is 0.566. The van der Waals surface area contributed by atoms with E-state index in [9.17, 15) is 4.39 Å². The zero-order chi connectivity index (χ0) is 8.24. The van der Waals surface area contributed by atoms with Gasteiger partial charge in [0.2, 0.25) is 0 Å². The molecule has 0 aliphatic heterocycles. The minimum atomic E-state index is 0.500. The first-order valence-electron chi connectivity index (χ1n) is 2.61. The summed E-state index contributed by atoms with van der Waals surface area (Å²) < 4.78 is 9.50. The summed E-state index contributed by atoms with van der Waals surface area (Å²) in [6.07, 6.45) is 3.50. The molecule has 1 nitrogen and oxygen atoms in total. The Hall–Kier alpha value is -0.440. The Kier molecular flexibility index (Phi) is 19.4. The third-order valence-corrected chi connectivity index (χ3v) is 0.566. The molecule has 1 aromatic rings. The Balaban J connectivity index is 0. The second-order valence-corrected chi connectivity index (χ2v) is 1.02. The number of halogens is 2. The van der Waals surface area contributed by atoms with Crippen LogP contribution in [0, 0.1) is 0 Å². The van der Waals surface area contributed by atoms with Crippen LogP contribution in [0.3, 0.4) is 0 Å². The van der Waals surface area contributed by atoms with E-state index in [0.717, 1.165) is 0 Å². The van der Waals surface area contributed by atoms with E-state index in [1.165, 1.54) is 0 Å². The molecule has 1 heterocycles. The quantitative estimate of drug-likeness (QED) is 0.596. The van der Waals surface area contributed by atoms with E-state index < -0.39 is 0 Å². The average molecular weight is 207 g/mol. The van der Waals surface area contributed by atoms with Crippen LogP contribution in [-0.4, -0.2) is 18.0 Å². The van der Waals surface area contributed by atoms with Crippen molar-refractivity contribution in [2.45, 2.75) is 0 Å². The number of alkyl halides is 2. The highest BCUT2D eigenvalue weighted by atomic mass is 79.9. The summed E-state index contributed by atoms with van der Waals surface area (Å²) in [6, 6.07) is 5.72. The number of rotatable bonds is 0. The van der Waals surface area contributed by atoms with Crippen LogP contribution < -0.4 is 0 Å². The maximum Gasteiger partial charge on any atom is 0.0785 e. The molecule has 3 heteroatoms. The molecule has 1 rings (SSSR count). The minimum Gasteiger partial charge on any atom is -0.265 e. The van der Waals surface area contributed by atoms with Gasteiger partial charge in [0.15, 0.2) is 0 Å². The molecule has 0 aliphatic carbocycles. The maximum absolute atomic E-state index is 9.50. The molecule has 0 atom stereocenters. The lowest BCUT2D eigenvalue weighted by atomic mass is 10.5. The van der Waals surface area contributed by atoms with Crippen LogP contribution in [0.15, 0.2) is 30.6 Å². The molecule has 0 bridgehead atoms. The smallest absolute Gasteiger partial charge is 0.0785 e. The summed E-state index contributed by atoms with van der Waals surface area (Å²) in [7, 11) is 0.500. The van der Waals surface area contributed by atoms with E-state index >= 15 is 0 Å². The van der Waals surface area contributed by atoms with Gasteiger partial charge in [0.25, 0.3) is 0 Å². The second-order valence-electron chi connectivity index (χ2n) is 1.02. The monoisotopic (exact) mass is 206 g/mol. The standard InChI is InChI=1S/C5H5N.CH3Br.CH3F/c1-2-4-6-5-3-1;2*1-2/h1-5H;2*1H3/i;;2-1. The van der Waals surface area contributed by atoms with Crippen molar-refractivity contribution in [3.63, 3.8) is 0 Å². The maximum atomic E-state index is 9.50. The van der Waals surface area contributed by atoms with Crippen LogP contribution in [0.2, 0.25) is 0 Å². The van der Waals surface area contributed by atoms with Gasteiger partial charge in [-0.25, -0.2) is 0 Å². The Morgan fingerprint density at radius 1 is 1.00 bits per heavy atom. The third kappa shape index (κ3) is 10.5. The fourth-order valence-corrected chi connectivity index (χ4v) is 0.313. The summed E-state index contributed by atoms with van der Waals surface area (Å²) in [4.78, 5) is 3.78. The van der Waals surface area contributed by atoms with E-state index in [-0.39, 0.29) is 0 Å². The first kappa shape index (κ1) is 12.3. The van der Waals surface area contributed by atoms with Crippen LogP contribution in [0.1, 0.15) is 0 Å². The van der Waals surface area contributed by atoms with Gasteiger partial charge in [-0.2, -0.15) is 0 Å². The highest BCUT2D eigenvalue weighted by Crippen LogP contribution is 1.73. The number of hydrogen-bond donors (Lipinski definition) is 0. The molecule has 1 aromatic heterocycles. The molecule has 0 radical (unpaired) electrons. The minimum absolute atomic E-state index is 0.500. The van der Waals surface area contributed by atoms with Gasteiger partial charge < -0.3 is 0 Å². The lowest BCUT2D eigenvalue weighted by Gasteiger charge is -1.70. The molecular weight excluding hydrogens is 196 g/mol. The first-order chi connectivity index (χ1) is 5.00. The first-order valence-corrected chi connectivity index (χ1v) is 4.19. The summed E-state index contributed by atoms with van der Waals surface area (Å²) >= 11 is 2.94. The van der Waals surface area contributed by atoms with Crippen LogP contribution in [0.5, 0.6) is 0 Å². The van der Waals surface area contributed by atoms with Crippen molar-refractivity contribution in [2.75, 3.05) is 13.0 Å². The predicted molar refractivity (Wildman–Crippen MR) is 46.1 cm³/mol. The van der Waals surface area contributed by atoms with Crippen LogP contribution in [-0.2, 0) is 0 Å². The van der Waals surface area contributed by atoms with Gasteiger partial charge in [-0.05, 0) is 18.0 Å². The zero-order valence-corrected chi connectivity index (χ0v) is 7.68. The normalized spacial score (nSPS) is 6.00. The van der Waals surface area contributed by atoms with E-state index in [1.54, 1.807) is 12.4 Å². The molecule has 10 heavy (non-hydrogen) atoms. The number of nitrogens with zero attached hydrogens (tertiary/aromatic N) is 1. The lowest BCUT2D eigenvalue weighted by Crippen LogP contribution is -1.58. The van der Waals surface area contributed by atoms with Gasteiger partial charge >= 0.3 is 0 Å². The van der Waals surface area contributed by atoms with Gasteiger partial charge in [0.05, 0.1) is 7.18 Å². The molecular formula is C7H11BrFN. The van der Waals surface area contributed by atoms with Crippen LogP contribution >= 0.6 is 15.9 Å². The van der Waals surface area contributed by atoms with Crippen molar-refractivity contribution in [1.29, 1.82) is 0 Å². The predicted octanol–water partition coefficient (Wildman–Crippen LogP) is 2.68. The van der Waals surface area contributed by atoms with Crippen LogP contribution in [0.4, 0.5) is 4.39 Å². The fourth-order valence-electron chi connectivity index (χ4n) is 0.313. The van der Waals surface area contributed by atoms with Gasteiger partial charge in [-0.3, -0.25) is 9.37 Å². The number of hydrogen-bond acceptors (Lipinski definition) is 1. The zero-order valence-electron chi connectivity index (χ0n) is 6.09. The average Bonchev–Trinajstić information content (AvgIpc) is 2.14. The Labute approximate surface area is 69.4 Å². The number of pyridine rings is 1. The SMILES string of the molecule is CBr.C[18F].c1ccncc1. The van der Waals surface area contributed by atoms with Gasteiger partial charge in [-0.15, -0.1) is 0 Å². The van der Waals surface area contributed by atoms with Crippen molar-refractivity contribution < 1.29 is 4.39 Å². The van der Waals surface area contributed by atoms with E-state index in [2.05, 4.69) is 20.9 Å². The van der Waals surface area contributed by atoms with Crippen molar-refractivity contribution >= 4 is 15.9 Å². The molecule has 0 aromatic carbocycles. The molecule has 58 valence electrons. The molecule has 0 N–H and O–H groups in total.